The summed E-state index contributed by atoms with van der Waals surface area (Å²) in [4.78, 5) is 17.3. The molecule has 2 aromatic rings. The smallest absolute Gasteiger partial charge is 0.233 e. The molecular weight excluding hydrogens is 256 g/mol. The van der Waals surface area contributed by atoms with E-state index in [0.29, 0.717) is 5.75 Å². The van der Waals surface area contributed by atoms with Crippen LogP contribution in [0.5, 0.6) is 0 Å². The van der Waals surface area contributed by atoms with Gasteiger partial charge in [-0.05, 0) is 30.9 Å². The van der Waals surface area contributed by atoms with E-state index in [-0.39, 0.29) is 10.8 Å². The summed E-state index contributed by atoms with van der Waals surface area (Å²) in [5.74, 6) is 0.849. The monoisotopic (exact) mass is 272 g/mol. The Balaban J connectivity index is 1.98. The molecule has 1 aromatic carbocycles. The van der Waals surface area contributed by atoms with Crippen LogP contribution in [0.3, 0.4) is 0 Å². The number of H-pyrrole nitrogens is 1. The summed E-state index contributed by atoms with van der Waals surface area (Å²) in [7, 11) is 1.95. The number of aryl methyl sites for hydroxylation is 1. The minimum absolute atomic E-state index is 0.149. The van der Waals surface area contributed by atoms with Gasteiger partial charge in [-0.15, -0.1) is 11.8 Å². The van der Waals surface area contributed by atoms with Crippen molar-refractivity contribution in [3.05, 3.63) is 35.5 Å². The first-order valence-electron chi connectivity index (χ1n) is 6.73. The van der Waals surface area contributed by atoms with E-state index in [2.05, 4.69) is 29.2 Å². The van der Waals surface area contributed by atoms with E-state index in [9.17, 15) is 4.79 Å². The summed E-state index contributed by atoms with van der Waals surface area (Å²) >= 11 is 1.78. The SMILES string of the molecule is CN1C(=O)CSC12CCCc1c2[nH]c2ccccc12. The lowest BCUT2D eigenvalue weighted by Crippen LogP contribution is -2.41. The molecular formula is C15H16N2OS. The molecule has 4 heteroatoms. The molecule has 1 unspecified atom stereocenters. The molecule has 1 N–H and O–H groups in total. The quantitative estimate of drug-likeness (QED) is 0.800. The molecule has 98 valence electrons. The van der Waals surface area contributed by atoms with Crippen LogP contribution in [0.4, 0.5) is 0 Å². The maximum atomic E-state index is 12.0. The Labute approximate surface area is 116 Å². The zero-order chi connectivity index (χ0) is 13.0. The highest BCUT2D eigenvalue weighted by atomic mass is 32.2. The summed E-state index contributed by atoms with van der Waals surface area (Å²) in [5.41, 5.74) is 3.87. The number of aromatic amines is 1. The number of rotatable bonds is 0. The van der Waals surface area contributed by atoms with Gasteiger partial charge in [0.2, 0.25) is 5.91 Å². The first-order valence-corrected chi connectivity index (χ1v) is 7.71. The summed E-state index contributed by atoms with van der Waals surface area (Å²) in [5, 5.41) is 1.32. The van der Waals surface area contributed by atoms with Crippen LogP contribution in [0.15, 0.2) is 24.3 Å². The van der Waals surface area contributed by atoms with Gasteiger partial charge in [0, 0.05) is 18.0 Å². The van der Waals surface area contributed by atoms with Gasteiger partial charge >= 0.3 is 0 Å². The van der Waals surface area contributed by atoms with Crippen molar-refractivity contribution < 1.29 is 4.79 Å². The predicted molar refractivity (Wildman–Crippen MR) is 78.1 cm³/mol. The van der Waals surface area contributed by atoms with E-state index in [4.69, 9.17) is 0 Å². The lowest BCUT2D eigenvalue weighted by Gasteiger charge is -2.38. The van der Waals surface area contributed by atoms with Gasteiger partial charge in [-0.25, -0.2) is 0 Å². The number of fused-ring (bicyclic) bond motifs is 4. The van der Waals surface area contributed by atoms with Crippen molar-refractivity contribution in [2.24, 2.45) is 0 Å². The maximum absolute atomic E-state index is 12.0. The largest absolute Gasteiger partial charge is 0.355 e. The number of para-hydroxylation sites is 1. The molecule has 1 saturated heterocycles. The predicted octanol–water partition coefficient (Wildman–Crippen LogP) is 2.86. The third kappa shape index (κ3) is 1.38. The molecule has 2 aliphatic rings. The number of benzene rings is 1. The van der Waals surface area contributed by atoms with Crippen molar-refractivity contribution in [3.8, 4) is 0 Å². The minimum Gasteiger partial charge on any atom is -0.355 e. The molecule has 1 amide bonds. The number of carbonyl (C=O) groups excluding carboxylic acids is 1. The molecule has 3 nitrogen and oxygen atoms in total. The van der Waals surface area contributed by atoms with Gasteiger partial charge in [0.15, 0.2) is 0 Å². The van der Waals surface area contributed by atoms with E-state index in [1.165, 1.54) is 22.2 Å². The van der Waals surface area contributed by atoms with Gasteiger partial charge in [-0.2, -0.15) is 0 Å². The van der Waals surface area contributed by atoms with Crippen molar-refractivity contribution in [1.82, 2.24) is 9.88 Å². The van der Waals surface area contributed by atoms with E-state index in [1.807, 2.05) is 11.9 Å². The molecule has 1 aromatic heterocycles. The topological polar surface area (TPSA) is 36.1 Å². The molecule has 1 aliphatic heterocycles. The molecule has 1 aliphatic carbocycles. The van der Waals surface area contributed by atoms with Gasteiger partial charge in [0.05, 0.1) is 11.4 Å². The first kappa shape index (κ1) is 11.4. The van der Waals surface area contributed by atoms with Crippen LogP contribution in [0, 0.1) is 0 Å². The highest BCUT2D eigenvalue weighted by Gasteiger charge is 2.49. The number of carbonyl (C=O) groups is 1. The average Bonchev–Trinajstić information content (AvgIpc) is 2.95. The van der Waals surface area contributed by atoms with E-state index in [0.717, 1.165) is 19.3 Å². The van der Waals surface area contributed by atoms with Crippen molar-refractivity contribution in [2.75, 3.05) is 12.8 Å². The van der Waals surface area contributed by atoms with E-state index >= 15 is 0 Å². The van der Waals surface area contributed by atoms with Gasteiger partial charge in [-0.1, -0.05) is 18.2 Å². The van der Waals surface area contributed by atoms with E-state index < -0.39 is 0 Å². The Morgan fingerprint density at radius 2 is 2.21 bits per heavy atom. The number of nitrogens with one attached hydrogen (secondary N) is 1. The fourth-order valence-electron chi connectivity index (χ4n) is 3.48. The van der Waals surface area contributed by atoms with Gasteiger partial charge in [0.25, 0.3) is 0 Å². The average molecular weight is 272 g/mol. The van der Waals surface area contributed by atoms with Gasteiger partial charge in [0.1, 0.15) is 4.87 Å². The molecule has 0 bridgehead atoms. The normalized spacial score (nSPS) is 26.4. The van der Waals surface area contributed by atoms with Crippen LogP contribution >= 0.6 is 11.8 Å². The fourth-order valence-corrected chi connectivity index (χ4v) is 4.94. The Kier molecular flexibility index (Phi) is 2.28. The first-order chi connectivity index (χ1) is 9.22. The zero-order valence-corrected chi connectivity index (χ0v) is 11.7. The number of aromatic nitrogens is 1. The van der Waals surface area contributed by atoms with Crippen molar-refractivity contribution in [3.63, 3.8) is 0 Å². The summed E-state index contributed by atoms with van der Waals surface area (Å²) < 4.78 is 0. The molecule has 2 heterocycles. The molecule has 1 atom stereocenters. The Morgan fingerprint density at radius 1 is 1.37 bits per heavy atom. The second kappa shape index (κ2) is 3.79. The lowest BCUT2D eigenvalue weighted by atomic mass is 9.90. The molecule has 1 spiro atoms. The lowest BCUT2D eigenvalue weighted by molar-refractivity contribution is -0.129. The molecule has 4 rings (SSSR count). The summed E-state index contributed by atoms with van der Waals surface area (Å²) in [6.07, 6.45) is 3.32. The second-order valence-corrected chi connectivity index (χ2v) is 6.66. The number of amides is 1. The van der Waals surface area contributed by atoms with Crippen LogP contribution in [0.2, 0.25) is 0 Å². The van der Waals surface area contributed by atoms with E-state index in [1.54, 1.807) is 11.8 Å². The number of hydrogen-bond acceptors (Lipinski definition) is 2. The van der Waals surface area contributed by atoms with Crippen LogP contribution in [0.1, 0.15) is 24.1 Å². The third-order valence-electron chi connectivity index (χ3n) is 4.50. The second-order valence-electron chi connectivity index (χ2n) is 5.40. The van der Waals surface area contributed by atoms with Crippen molar-refractivity contribution >= 4 is 28.6 Å². The van der Waals surface area contributed by atoms with Crippen LogP contribution in [-0.2, 0) is 16.1 Å². The highest BCUT2D eigenvalue weighted by Crippen LogP contribution is 2.52. The van der Waals surface area contributed by atoms with Crippen molar-refractivity contribution in [1.29, 1.82) is 0 Å². The number of hydrogen-bond donors (Lipinski definition) is 1. The summed E-state index contributed by atoms with van der Waals surface area (Å²) in [6.45, 7) is 0. The minimum atomic E-state index is -0.149. The maximum Gasteiger partial charge on any atom is 0.233 e. The fraction of sp³-hybridized carbons (Fsp3) is 0.400. The summed E-state index contributed by atoms with van der Waals surface area (Å²) in [6, 6.07) is 8.47. The Morgan fingerprint density at radius 3 is 3.00 bits per heavy atom. The molecule has 19 heavy (non-hydrogen) atoms. The zero-order valence-electron chi connectivity index (χ0n) is 10.9. The van der Waals surface area contributed by atoms with Crippen molar-refractivity contribution in [2.45, 2.75) is 24.1 Å². The van der Waals surface area contributed by atoms with Crippen LogP contribution < -0.4 is 0 Å². The molecule has 0 radical (unpaired) electrons. The molecule has 0 saturated carbocycles. The number of thioether (sulfide) groups is 1. The van der Waals surface area contributed by atoms with Crippen LogP contribution in [0.25, 0.3) is 10.9 Å². The van der Waals surface area contributed by atoms with Crippen LogP contribution in [-0.4, -0.2) is 28.6 Å². The standard InChI is InChI=1S/C15H16N2OS/c1-17-13(18)9-19-15(17)8-4-6-11-10-5-2-3-7-12(10)16-14(11)15/h2-3,5,7,16H,4,6,8-9H2,1H3. The Hall–Kier alpha value is -1.42. The van der Waals surface area contributed by atoms with Gasteiger partial charge in [-0.3, -0.25) is 4.79 Å². The Bertz CT molecular complexity index is 678. The highest BCUT2D eigenvalue weighted by molar-refractivity contribution is 8.01. The number of nitrogens with zero attached hydrogens (tertiary/aromatic N) is 1. The van der Waals surface area contributed by atoms with Gasteiger partial charge < -0.3 is 9.88 Å². The molecule has 1 fully saturated rings. The third-order valence-corrected chi connectivity index (χ3v) is 6.05.